The Morgan fingerprint density at radius 2 is 0.977 bits per heavy atom. The van der Waals surface area contributed by atoms with Gasteiger partial charge in [0.2, 0.25) is 0 Å². The Balaban J connectivity index is 0.00000264. The number of nitrogens with zero attached hydrogens (tertiary/aromatic N) is 4. The van der Waals surface area contributed by atoms with E-state index < -0.39 is 0 Å². The summed E-state index contributed by atoms with van der Waals surface area (Å²) in [5.41, 5.74) is 7.97. The van der Waals surface area contributed by atoms with Crippen LogP contribution in [0.15, 0.2) is 58.7 Å². The van der Waals surface area contributed by atoms with Crippen LogP contribution in [0.25, 0.3) is 21.5 Å². The lowest BCUT2D eigenvalue weighted by molar-refractivity contribution is 0.0388. The number of thiocarbonyl (C=S) groups is 2. The fourth-order valence-electron chi connectivity index (χ4n) is 5.17. The molecule has 14 heteroatoms. The molecule has 2 saturated heterocycles. The number of nitrogens with one attached hydrogen (secondary N) is 4. The van der Waals surface area contributed by atoms with Crippen LogP contribution in [0.5, 0.6) is 0 Å². The molecule has 0 spiro atoms. The van der Waals surface area contributed by atoms with E-state index in [0.29, 0.717) is 10.2 Å². The van der Waals surface area contributed by atoms with E-state index in [-0.39, 0.29) is 24.8 Å². The second kappa shape index (κ2) is 19.0. The van der Waals surface area contributed by atoms with Gasteiger partial charge in [0.25, 0.3) is 0 Å². The summed E-state index contributed by atoms with van der Waals surface area (Å²) in [6.45, 7) is 10.3. The highest BCUT2D eigenvalue weighted by atomic mass is 35.5. The number of fused-ring (bicyclic) bond motifs is 2. The molecule has 0 unspecified atom stereocenters. The predicted octanol–water partition coefficient (Wildman–Crippen LogP) is 3.10. The highest BCUT2D eigenvalue weighted by molar-refractivity contribution is 7.80. The van der Waals surface area contributed by atoms with Crippen molar-refractivity contribution < 1.29 is 9.47 Å². The van der Waals surface area contributed by atoms with Gasteiger partial charge in [0.05, 0.1) is 38.9 Å². The van der Waals surface area contributed by atoms with Gasteiger partial charge < -0.3 is 20.1 Å². The van der Waals surface area contributed by atoms with Gasteiger partial charge >= 0.3 is 0 Å². The van der Waals surface area contributed by atoms with E-state index in [1.54, 1.807) is 0 Å². The first-order valence-corrected chi connectivity index (χ1v) is 15.2. The predicted molar refractivity (Wildman–Crippen MR) is 193 cm³/mol. The van der Waals surface area contributed by atoms with Crippen molar-refractivity contribution >= 4 is 93.4 Å². The van der Waals surface area contributed by atoms with Gasteiger partial charge in [-0.25, -0.2) is 0 Å². The number of hydrazone groups is 2. The maximum Gasteiger partial charge on any atom is 0.187 e. The van der Waals surface area contributed by atoms with Crippen molar-refractivity contribution in [3.63, 3.8) is 0 Å². The highest BCUT2D eigenvalue weighted by Crippen LogP contribution is 2.31. The zero-order chi connectivity index (χ0) is 29.0. The third-order valence-corrected chi connectivity index (χ3v) is 7.84. The number of benzene rings is 3. The molecular formula is C30H40Cl2N8O2S2. The first kappa shape index (κ1) is 35.8. The highest BCUT2D eigenvalue weighted by Gasteiger charge is 2.13. The molecule has 4 N–H and O–H groups in total. The molecule has 44 heavy (non-hydrogen) atoms. The Labute approximate surface area is 281 Å². The van der Waals surface area contributed by atoms with Crippen LogP contribution in [0.1, 0.15) is 11.1 Å². The summed E-state index contributed by atoms with van der Waals surface area (Å²) < 4.78 is 10.8. The summed E-state index contributed by atoms with van der Waals surface area (Å²) in [6, 6.07) is 16.5. The molecule has 5 rings (SSSR count). The van der Waals surface area contributed by atoms with Crippen LogP contribution in [0.4, 0.5) is 0 Å². The van der Waals surface area contributed by atoms with Crippen LogP contribution in [0.3, 0.4) is 0 Å². The second-order valence-corrected chi connectivity index (χ2v) is 10.9. The number of halogens is 2. The van der Waals surface area contributed by atoms with Crippen molar-refractivity contribution in [2.24, 2.45) is 10.2 Å². The third-order valence-electron chi connectivity index (χ3n) is 7.37. The number of hydrogen-bond donors (Lipinski definition) is 4. The molecular weight excluding hydrogens is 639 g/mol. The Kier molecular flexibility index (Phi) is 15.4. The summed E-state index contributed by atoms with van der Waals surface area (Å²) in [5, 5.41) is 20.7. The van der Waals surface area contributed by atoms with Crippen molar-refractivity contribution in [3.8, 4) is 0 Å². The van der Waals surface area contributed by atoms with Crippen molar-refractivity contribution in [1.82, 2.24) is 31.3 Å². The molecule has 2 heterocycles. The van der Waals surface area contributed by atoms with Crippen LogP contribution < -0.4 is 21.5 Å². The van der Waals surface area contributed by atoms with E-state index in [1.165, 1.54) is 0 Å². The molecule has 0 radical (unpaired) electrons. The Bertz CT molecular complexity index is 1270. The lowest BCUT2D eigenvalue weighted by Gasteiger charge is -2.26. The van der Waals surface area contributed by atoms with Crippen LogP contribution in [0.2, 0.25) is 0 Å². The lowest BCUT2D eigenvalue weighted by atomic mass is 9.92. The summed E-state index contributed by atoms with van der Waals surface area (Å²) in [7, 11) is 0. The van der Waals surface area contributed by atoms with Crippen LogP contribution in [-0.2, 0) is 9.47 Å². The molecule has 0 saturated carbocycles. The Morgan fingerprint density at radius 1 is 0.636 bits per heavy atom. The van der Waals surface area contributed by atoms with E-state index in [4.69, 9.17) is 33.9 Å². The molecule has 2 aliphatic heterocycles. The molecule has 0 aliphatic carbocycles. The smallest absolute Gasteiger partial charge is 0.187 e. The molecule has 0 atom stereocenters. The van der Waals surface area contributed by atoms with Gasteiger partial charge in [0.15, 0.2) is 10.2 Å². The SMILES string of the molecule is Cl.Cl.S=C(NCCN1CCOCC1)N/N=C/c1c2ccccc2c(/C=N/NC(=S)NCCN2CCOCC2)c2ccccc12. The number of hydrogen-bond acceptors (Lipinski definition) is 8. The van der Waals surface area contributed by atoms with E-state index in [1.807, 2.05) is 36.7 Å². The number of morpholine rings is 2. The molecule has 0 bridgehead atoms. The monoisotopic (exact) mass is 678 g/mol. The van der Waals surface area contributed by atoms with E-state index in [2.05, 4.69) is 65.8 Å². The summed E-state index contributed by atoms with van der Waals surface area (Å²) in [4.78, 5) is 4.72. The maximum absolute atomic E-state index is 5.45. The zero-order valence-electron chi connectivity index (χ0n) is 24.5. The first-order valence-electron chi connectivity index (χ1n) is 14.4. The standard InChI is InChI=1S/C30H38N8O2S2.2ClH/c41-29(31-9-11-37-13-17-39-18-14-37)35-33-21-27-23-5-1-2-6-24(23)28(26-8-4-3-7-25(26)27)22-34-36-30(42)32-10-12-38-15-19-40-20-16-38;;/h1-8,21-22H,9-20H2,(H2,31,35,41)(H2,32,36,42);2*1H/b33-21+,34-22+;;. The third kappa shape index (κ3) is 10.2. The van der Waals surface area contributed by atoms with Gasteiger partial charge in [-0.15, -0.1) is 24.8 Å². The van der Waals surface area contributed by atoms with E-state index in [9.17, 15) is 0 Å². The fraction of sp³-hybridized carbons (Fsp3) is 0.400. The van der Waals surface area contributed by atoms with Crippen LogP contribution >= 0.6 is 49.2 Å². The second-order valence-electron chi connectivity index (χ2n) is 10.1. The molecule has 238 valence electrons. The topological polar surface area (TPSA) is 97.8 Å². The quantitative estimate of drug-likeness (QED) is 0.111. The number of rotatable bonds is 10. The van der Waals surface area contributed by atoms with Crippen LogP contribution in [0, 0.1) is 0 Å². The van der Waals surface area contributed by atoms with Gasteiger partial charge in [0, 0.05) is 63.5 Å². The molecule has 3 aromatic rings. The van der Waals surface area contributed by atoms with E-state index in [0.717, 1.165) is 111 Å². The van der Waals surface area contributed by atoms with Crippen LogP contribution in [-0.4, -0.2) is 111 Å². The largest absolute Gasteiger partial charge is 0.379 e. The minimum absolute atomic E-state index is 0. The molecule has 0 aromatic heterocycles. The van der Waals surface area contributed by atoms with Gasteiger partial charge in [0.1, 0.15) is 0 Å². The average molecular weight is 680 g/mol. The van der Waals surface area contributed by atoms with Crippen molar-refractivity contribution in [2.75, 3.05) is 78.8 Å². The van der Waals surface area contributed by atoms with Gasteiger partial charge in [-0.1, -0.05) is 48.5 Å². The number of ether oxygens (including phenoxy) is 2. The zero-order valence-corrected chi connectivity index (χ0v) is 27.8. The summed E-state index contributed by atoms with van der Waals surface area (Å²) in [5.74, 6) is 0. The summed E-state index contributed by atoms with van der Waals surface area (Å²) >= 11 is 10.9. The van der Waals surface area contributed by atoms with Gasteiger partial charge in [-0.2, -0.15) is 10.2 Å². The fourth-order valence-corrected chi connectivity index (χ4v) is 5.48. The van der Waals surface area contributed by atoms with Gasteiger partial charge in [-0.05, 0) is 46.0 Å². The minimum Gasteiger partial charge on any atom is -0.379 e. The van der Waals surface area contributed by atoms with Crippen molar-refractivity contribution in [1.29, 1.82) is 0 Å². The van der Waals surface area contributed by atoms with Gasteiger partial charge in [-0.3, -0.25) is 20.7 Å². The average Bonchev–Trinajstić information content (AvgIpc) is 3.03. The first-order chi connectivity index (χ1) is 20.7. The van der Waals surface area contributed by atoms with E-state index >= 15 is 0 Å². The molecule has 0 amide bonds. The molecule has 2 aliphatic rings. The molecule has 2 fully saturated rings. The van der Waals surface area contributed by atoms with Crippen molar-refractivity contribution in [3.05, 3.63) is 59.7 Å². The summed E-state index contributed by atoms with van der Waals surface area (Å²) in [6.07, 6.45) is 3.68. The molecule has 3 aromatic carbocycles. The van der Waals surface area contributed by atoms with Crippen molar-refractivity contribution in [2.45, 2.75) is 0 Å². The normalized spacial score (nSPS) is 16.0. The minimum atomic E-state index is 0. The Hall–Kier alpha value is -2.68. The Morgan fingerprint density at radius 3 is 1.32 bits per heavy atom. The maximum atomic E-state index is 5.45. The lowest BCUT2D eigenvalue weighted by Crippen LogP contribution is -2.42. The molecule has 10 nitrogen and oxygen atoms in total.